The van der Waals surface area contributed by atoms with E-state index < -0.39 is 4.92 Å². The second-order valence-corrected chi connectivity index (χ2v) is 8.52. The molecule has 5 N–H and O–H groups in total. The molecule has 1 aliphatic heterocycles. The number of carbonyl (C=O) groups excluding carboxylic acids is 2. The van der Waals surface area contributed by atoms with Crippen molar-refractivity contribution in [1.82, 2.24) is 16.0 Å². The summed E-state index contributed by atoms with van der Waals surface area (Å²) in [5.41, 5.74) is 6.74. The number of non-ortho nitro benzene ring substituents is 1. The van der Waals surface area contributed by atoms with Crippen molar-refractivity contribution in [3.8, 4) is 5.75 Å². The Labute approximate surface area is 202 Å². The zero-order valence-corrected chi connectivity index (χ0v) is 19.6. The van der Waals surface area contributed by atoms with Crippen LogP contribution in [0.15, 0.2) is 36.4 Å². The zero-order chi connectivity index (χ0) is 24.7. The fourth-order valence-corrected chi connectivity index (χ4v) is 4.13. The number of rotatable bonds is 10. The normalized spacial score (nSPS) is 16.0. The number of halogens is 1. The van der Waals surface area contributed by atoms with Gasteiger partial charge in [0.05, 0.1) is 28.3 Å². The quantitative estimate of drug-likeness (QED) is 0.173. The Morgan fingerprint density at radius 1 is 1.29 bits per heavy atom. The number of hydrogen-bond donors (Lipinski definition) is 4. The number of ether oxygens (including phenoxy) is 1. The number of anilines is 1. The molecule has 2 aromatic carbocycles. The lowest BCUT2D eigenvalue weighted by molar-refractivity contribution is -0.384. The fraction of sp³-hybridized carbons (Fsp3) is 0.391. The molecule has 0 bridgehead atoms. The summed E-state index contributed by atoms with van der Waals surface area (Å²) in [6.07, 6.45) is 2.23. The van der Waals surface area contributed by atoms with Gasteiger partial charge in [-0.2, -0.15) is 0 Å². The number of carbonyl (C=O) groups is 2. The summed E-state index contributed by atoms with van der Waals surface area (Å²) in [6, 6.07) is 8.35. The van der Waals surface area contributed by atoms with Crippen LogP contribution >= 0.6 is 11.6 Å². The maximum Gasteiger partial charge on any atom is 0.269 e. The van der Waals surface area contributed by atoms with Crippen LogP contribution in [-0.2, 0) is 0 Å². The monoisotopic (exact) mass is 489 g/mol. The van der Waals surface area contributed by atoms with E-state index in [0.717, 1.165) is 19.5 Å². The highest BCUT2D eigenvalue weighted by molar-refractivity contribution is 6.33. The molecule has 10 nitrogen and oxygen atoms in total. The van der Waals surface area contributed by atoms with Crippen LogP contribution in [0.4, 0.5) is 11.4 Å². The summed E-state index contributed by atoms with van der Waals surface area (Å²) in [4.78, 5) is 35.6. The van der Waals surface area contributed by atoms with E-state index in [1.165, 1.54) is 43.5 Å². The minimum atomic E-state index is -0.512. The van der Waals surface area contributed by atoms with E-state index in [1.54, 1.807) is 0 Å². The SMILES string of the molecule is COc1cc(N)c(Cl)cc1C(=O)NC(CCCNC(=O)c1ccc([N+](=O)[O-])cc1)C1CCNC1. The van der Waals surface area contributed by atoms with Crippen LogP contribution in [-0.4, -0.2) is 49.5 Å². The molecule has 2 amide bonds. The van der Waals surface area contributed by atoms with Crippen molar-refractivity contribution in [3.05, 3.63) is 62.7 Å². The molecule has 1 saturated heterocycles. The van der Waals surface area contributed by atoms with E-state index in [2.05, 4.69) is 16.0 Å². The molecule has 0 aliphatic carbocycles. The second kappa shape index (κ2) is 11.7. The average Bonchev–Trinajstić information content (AvgIpc) is 3.37. The van der Waals surface area contributed by atoms with Crippen molar-refractivity contribution in [2.24, 2.45) is 5.92 Å². The molecule has 34 heavy (non-hydrogen) atoms. The van der Waals surface area contributed by atoms with E-state index in [1.807, 2.05) is 0 Å². The smallest absolute Gasteiger partial charge is 0.269 e. The standard InChI is InChI=1S/C23H28ClN5O5/c1-34-21-12-19(25)18(24)11-17(21)23(31)28-20(15-8-10-26-13-15)3-2-9-27-22(30)14-4-6-16(7-5-14)29(32)33/h4-7,11-12,15,20,26H,2-3,8-10,13,25H2,1H3,(H,27,30)(H,28,31). The summed E-state index contributed by atoms with van der Waals surface area (Å²) >= 11 is 6.11. The molecular formula is C23H28ClN5O5. The van der Waals surface area contributed by atoms with Crippen LogP contribution in [0, 0.1) is 16.0 Å². The van der Waals surface area contributed by atoms with E-state index in [0.29, 0.717) is 42.0 Å². The Hall–Kier alpha value is -3.37. The third kappa shape index (κ3) is 6.36. The molecule has 11 heteroatoms. The number of amides is 2. The van der Waals surface area contributed by atoms with E-state index in [-0.39, 0.29) is 34.5 Å². The van der Waals surface area contributed by atoms with E-state index in [9.17, 15) is 19.7 Å². The lowest BCUT2D eigenvalue weighted by Gasteiger charge is -2.25. The third-order valence-corrected chi connectivity index (χ3v) is 6.19. The number of nitro benzene ring substituents is 1. The van der Waals surface area contributed by atoms with Crippen molar-refractivity contribution in [3.63, 3.8) is 0 Å². The molecule has 1 aliphatic rings. The van der Waals surface area contributed by atoms with Crippen molar-refractivity contribution >= 4 is 34.8 Å². The Morgan fingerprint density at radius 2 is 2.03 bits per heavy atom. The lowest BCUT2D eigenvalue weighted by atomic mass is 9.94. The topological polar surface area (TPSA) is 149 Å². The van der Waals surface area contributed by atoms with E-state index >= 15 is 0 Å². The molecule has 0 spiro atoms. The molecule has 3 rings (SSSR count). The second-order valence-electron chi connectivity index (χ2n) is 8.11. The number of hydrogen-bond acceptors (Lipinski definition) is 7. The molecule has 0 radical (unpaired) electrons. The van der Waals surface area contributed by atoms with Gasteiger partial charge in [-0.15, -0.1) is 0 Å². The maximum absolute atomic E-state index is 13.0. The molecule has 182 valence electrons. The first-order valence-electron chi connectivity index (χ1n) is 11.0. The maximum atomic E-state index is 13.0. The summed E-state index contributed by atoms with van der Waals surface area (Å²) in [5, 5.41) is 20.3. The van der Waals surface area contributed by atoms with Crippen LogP contribution < -0.4 is 26.4 Å². The van der Waals surface area contributed by atoms with Gasteiger partial charge in [0.15, 0.2) is 0 Å². The Morgan fingerprint density at radius 3 is 2.65 bits per heavy atom. The lowest BCUT2D eigenvalue weighted by Crippen LogP contribution is -2.42. The van der Waals surface area contributed by atoms with Crippen molar-refractivity contribution in [1.29, 1.82) is 0 Å². The van der Waals surface area contributed by atoms with Gasteiger partial charge in [0.25, 0.3) is 17.5 Å². The first-order chi connectivity index (χ1) is 16.3. The number of methoxy groups -OCH3 is 1. The molecule has 1 fully saturated rings. The van der Waals surface area contributed by atoms with Crippen LogP contribution in [0.25, 0.3) is 0 Å². The molecule has 2 aromatic rings. The van der Waals surface area contributed by atoms with Gasteiger partial charge in [-0.3, -0.25) is 19.7 Å². The highest BCUT2D eigenvalue weighted by Crippen LogP contribution is 2.29. The van der Waals surface area contributed by atoms with Gasteiger partial charge < -0.3 is 26.4 Å². The van der Waals surface area contributed by atoms with Gasteiger partial charge in [-0.05, 0) is 56.5 Å². The van der Waals surface area contributed by atoms with Gasteiger partial charge in [0.2, 0.25) is 0 Å². The molecule has 2 unspecified atom stereocenters. The van der Waals surface area contributed by atoms with Crippen molar-refractivity contribution in [2.45, 2.75) is 25.3 Å². The number of nitrogens with two attached hydrogens (primary N) is 1. The first kappa shape index (κ1) is 25.3. The number of benzene rings is 2. The van der Waals surface area contributed by atoms with Gasteiger partial charge in [0.1, 0.15) is 5.75 Å². The Kier molecular flexibility index (Phi) is 8.67. The average molecular weight is 490 g/mol. The minimum Gasteiger partial charge on any atom is -0.496 e. The number of nitrogen functional groups attached to an aromatic ring is 1. The van der Waals surface area contributed by atoms with Crippen molar-refractivity contribution < 1.29 is 19.2 Å². The summed E-state index contributed by atoms with van der Waals surface area (Å²) < 4.78 is 5.30. The van der Waals surface area contributed by atoms with Gasteiger partial charge in [-0.1, -0.05) is 11.6 Å². The Bertz CT molecular complexity index is 1040. The molecule has 0 saturated carbocycles. The van der Waals surface area contributed by atoms with Crippen LogP contribution in [0.1, 0.15) is 40.0 Å². The van der Waals surface area contributed by atoms with Gasteiger partial charge >= 0.3 is 0 Å². The highest BCUT2D eigenvalue weighted by atomic mass is 35.5. The number of nitrogens with zero attached hydrogens (tertiary/aromatic N) is 1. The first-order valence-corrected chi connectivity index (χ1v) is 11.3. The highest BCUT2D eigenvalue weighted by Gasteiger charge is 2.27. The van der Waals surface area contributed by atoms with E-state index in [4.69, 9.17) is 22.1 Å². The fourth-order valence-electron chi connectivity index (χ4n) is 3.97. The molecule has 2 atom stereocenters. The zero-order valence-electron chi connectivity index (χ0n) is 18.8. The van der Waals surface area contributed by atoms with Gasteiger partial charge in [0, 0.05) is 36.3 Å². The summed E-state index contributed by atoms with van der Waals surface area (Å²) in [5.74, 6) is -0.00698. The summed E-state index contributed by atoms with van der Waals surface area (Å²) in [7, 11) is 1.46. The van der Waals surface area contributed by atoms with Gasteiger partial charge in [-0.25, -0.2) is 0 Å². The number of nitrogens with one attached hydrogen (secondary N) is 3. The Balaban J connectivity index is 1.58. The third-order valence-electron chi connectivity index (χ3n) is 5.87. The summed E-state index contributed by atoms with van der Waals surface area (Å²) in [6.45, 7) is 2.07. The number of nitro groups is 1. The predicted octanol–water partition coefficient (Wildman–Crippen LogP) is 2.76. The van der Waals surface area contributed by atoms with Crippen LogP contribution in [0.2, 0.25) is 5.02 Å². The van der Waals surface area contributed by atoms with Crippen LogP contribution in [0.3, 0.4) is 0 Å². The molecule has 0 aromatic heterocycles. The minimum absolute atomic E-state index is 0.0701. The van der Waals surface area contributed by atoms with Crippen molar-refractivity contribution in [2.75, 3.05) is 32.5 Å². The predicted molar refractivity (Wildman–Crippen MR) is 129 cm³/mol. The molecule has 1 heterocycles. The largest absolute Gasteiger partial charge is 0.496 e. The molecular weight excluding hydrogens is 462 g/mol. The van der Waals surface area contributed by atoms with Crippen LogP contribution in [0.5, 0.6) is 5.75 Å².